The van der Waals surface area contributed by atoms with Crippen molar-refractivity contribution in [2.75, 3.05) is 6.54 Å². The molecule has 1 amide bonds. The minimum atomic E-state index is -4.69. The number of carbonyl (C=O) groups excluding carboxylic acids is 1. The summed E-state index contributed by atoms with van der Waals surface area (Å²) in [6.07, 6.45) is -0.647. The van der Waals surface area contributed by atoms with Crippen LogP contribution < -0.4 is 10.1 Å². The van der Waals surface area contributed by atoms with Crippen LogP contribution in [0.1, 0.15) is 18.9 Å². The Hall–Kier alpha value is -1.98. The lowest BCUT2D eigenvalue weighted by atomic mass is 10.2. The van der Waals surface area contributed by atoms with Gasteiger partial charge in [-0.3, -0.25) is 4.79 Å². The molecule has 0 saturated carbocycles. The molecule has 0 fully saturated rings. The fraction of sp³-hybridized carbons (Fsp3) is 0.308. The van der Waals surface area contributed by atoms with Gasteiger partial charge in [0.05, 0.1) is 0 Å². The largest absolute Gasteiger partial charge is 0.573 e. The van der Waals surface area contributed by atoms with Crippen molar-refractivity contribution in [3.8, 4) is 5.75 Å². The van der Waals surface area contributed by atoms with E-state index in [4.69, 9.17) is 0 Å². The van der Waals surface area contributed by atoms with E-state index in [0.29, 0.717) is 18.5 Å². The van der Waals surface area contributed by atoms with E-state index in [9.17, 15) is 18.0 Å². The van der Waals surface area contributed by atoms with E-state index in [1.807, 2.05) is 0 Å². The van der Waals surface area contributed by atoms with E-state index < -0.39 is 6.36 Å². The molecular weight excluding hydrogens is 259 g/mol. The molecule has 19 heavy (non-hydrogen) atoms. The normalized spacial score (nSPS) is 11.6. The third-order valence-electron chi connectivity index (χ3n) is 2.09. The van der Waals surface area contributed by atoms with Crippen molar-refractivity contribution >= 4 is 12.0 Å². The molecule has 104 valence electrons. The summed E-state index contributed by atoms with van der Waals surface area (Å²) in [6.45, 7) is 1.91. The number of amides is 1. The van der Waals surface area contributed by atoms with Crippen LogP contribution in [-0.2, 0) is 4.79 Å². The highest BCUT2D eigenvalue weighted by Gasteiger charge is 2.30. The molecule has 0 atom stereocenters. The molecule has 1 aromatic rings. The Morgan fingerprint density at radius 2 is 2.16 bits per heavy atom. The molecule has 0 radical (unpaired) electrons. The van der Waals surface area contributed by atoms with Crippen molar-refractivity contribution in [3.05, 3.63) is 35.9 Å². The lowest BCUT2D eigenvalue weighted by Gasteiger charge is -2.08. The van der Waals surface area contributed by atoms with Gasteiger partial charge in [-0.1, -0.05) is 24.3 Å². The van der Waals surface area contributed by atoms with Gasteiger partial charge in [-0.05, 0) is 24.1 Å². The van der Waals surface area contributed by atoms with Crippen molar-refractivity contribution in [1.29, 1.82) is 0 Å². The van der Waals surface area contributed by atoms with Crippen LogP contribution in [0.3, 0.4) is 0 Å². The quantitative estimate of drug-likeness (QED) is 0.837. The van der Waals surface area contributed by atoms with Gasteiger partial charge in [0.25, 0.3) is 0 Å². The molecule has 0 aromatic heterocycles. The van der Waals surface area contributed by atoms with Gasteiger partial charge in [0.15, 0.2) is 0 Å². The molecular formula is C13H14F3NO2. The minimum absolute atomic E-state index is 0.117. The van der Waals surface area contributed by atoms with E-state index in [-0.39, 0.29) is 11.7 Å². The average Bonchev–Trinajstić information content (AvgIpc) is 2.26. The van der Waals surface area contributed by atoms with Gasteiger partial charge in [0, 0.05) is 13.5 Å². The highest BCUT2D eigenvalue weighted by atomic mass is 19.4. The molecule has 0 spiro atoms. The van der Waals surface area contributed by atoms with Crippen LogP contribution in [0.5, 0.6) is 5.75 Å². The molecule has 0 bridgehead atoms. The zero-order valence-corrected chi connectivity index (χ0v) is 10.3. The fourth-order valence-electron chi connectivity index (χ4n) is 1.37. The van der Waals surface area contributed by atoms with Gasteiger partial charge >= 0.3 is 6.36 Å². The van der Waals surface area contributed by atoms with Crippen LogP contribution in [0.2, 0.25) is 0 Å². The van der Waals surface area contributed by atoms with Crippen LogP contribution in [0.4, 0.5) is 13.2 Å². The molecule has 0 unspecified atom stereocenters. The zero-order chi connectivity index (χ0) is 14.3. The summed E-state index contributed by atoms with van der Waals surface area (Å²) < 4.78 is 39.9. The second kappa shape index (κ2) is 6.82. The molecule has 1 aromatic carbocycles. The SMILES string of the molecule is CC(=O)NCCC=Cc1cccc(OC(F)(F)F)c1. The lowest BCUT2D eigenvalue weighted by molar-refractivity contribution is -0.274. The van der Waals surface area contributed by atoms with Crippen LogP contribution in [0.15, 0.2) is 30.3 Å². The predicted molar refractivity (Wildman–Crippen MR) is 65.5 cm³/mol. The predicted octanol–water partition coefficient (Wildman–Crippen LogP) is 3.12. The van der Waals surface area contributed by atoms with Crippen molar-refractivity contribution in [2.24, 2.45) is 0 Å². The maximum atomic E-state index is 12.0. The summed E-state index contributed by atoms with van der Waals surface area (Å²) in [5.74, 6) is -0.370. The number of hydrogen-bond donors (Lipinski definition) is 1. The maximum Gasteiger partial charge on any atom is 0.573 e. The summed E-state index contributed by atoms with van der Waals surface area (Å²) in [6, 6.07) is 5.68. The molecule has 0 saturated heterocycles. The number of ether oxygens (including phenoxy) is 1. The smallest absolute Gasteiger partial charge is 0.406 e. The lowest BCUT2D eigenvalue weighted by Crippen LogP contribution is -2.20. The van der Waals surface area contributed by atoms with E-state index in [2.05, 4.69) is 10.1 Å². The van der Waals surface area contributed by atoms with Gasteiger partial charge in [-0.2, -0.15) is 0 Å². The number of benzene rings is 1. The fourth-order valence-corrected chi connectivity index (χ4v) is 1.37. The summed E-state index contributed by atoms with van der Waals surface area (Å²) in [4.78, 5) is 10.6. The van der Waals surface area contributed by atoms with Gasteiger partial charge in [-0.25, -0.2) is 0 Å². The highest BCUT2D eigenvalue weighted by Crippen LogP contribution is 2.23. The first kappa shape index (κ1) is 15.1. The Balaban J connectivity index is 2.52. The van der Waals surface area contributed by atoms with Crippen molar-refractivity contribution < 1.29 is 22.7 Å². The monoisotopic (exact) mass is 273 g/mol. The van der Waals surface area contributed by atoms with Gasteiger partial charge < -0.3 is 10.1 Å². The van der Waals surface area contributed by atoms with Crippen LogP contribution in [-0.4, -0.2) is 18.8 Å². The topological polar surface area (TPSA) is 38.3 Å². The number of rotatable bonds is 5. The summed E-state index contributed by atoms with van der Waals surface area (Å²) >= 11 is 0. The summed E-state index contributed by atoms with van der Waals surface area (Å²) in [5.41, 5.74) is 0.601. The number of alkyl halides is 3. The Morgan fingerprint density at radius 3 is 2.79 bits per heavy atom. The standard InChI is InChI=1S/C13H14F3NO2/c1-10(18)17-8-3-2-5-11-6-4-7-12(9-11)19-13(14,15)16/h2,4-7,9H,3,8H2,1H3,(H,17,18). The van der Waals surface area contributed by atoms with Crippen molar-refractivity contribution in [2.45, 2.75) is 19.7 Å². The van der Waals surface area contributed by atoms with Gasteiger partial charge in [0.2, 0.25) is 5.91 Å². The van der Waals surface area contributed by atoms with Crippen LogP contribution >= 0.6 is 0 Å². The first-order valence-electron chi connectivity index (χ1n) is 5.63. The van der Waals surface area contributed by atoms with Gasteiger partial charge in [-0.15, -0.1) is 13.2 Å². The molecule has 0 aliphatic heterocycles. The second-order valence-corrected chi connectivity index (χ2v) is 3.79. The van der Waals surface area contributed by atoms with Crippen LogP contribution in [0, 0.1) is 0 Å². The maximum absolute atomic E-state index is 12.0. The number of nitrogens with one attached hydrogen (secondary N) is 1. The number of halogens is 3. The number of carbonyl (C=O) groups is 1. The number of hydrogen-bond acceptors (Lipinski definition) is 2. The minimum Gasteiger partial charge on any atom is -0.406 e. The third-order valence-corrected chi connectivity index (χ3v) is 2.09. The zero-order valence-electron chi connectivity index (χ0n) is 10.3. The first-order chi connectivity index (χ1) is 8.87. The average molecular weight is 273 g/mol. The highest BCUT2D eigenvalue weighted by molar-refractivity contribution is 5.72. The van der Waals surface area contributed by atoms with E-state index in [1.54, 1.807) is 18.2 Å². The Labute approximate surface area is 109 Å². The van der Waals surface area contributed by atoms with E-state index >= 15 is 0 Å². The molecule has 0 aliphatic carbocycles. The molecule has 3 nitrogen and oxygen atoms in total. The molecule has 1 rings (SSSR count). The summed E-state index contributed by atoms with van der Waals surface area (Å²) in [5, 5.41) is 2.61. The molecule has 6 heteroatoms. The van der Waals surface area contributed by atoms with Crippen molar-refractivity contribution in [1.82, 2.24) is 5.32 Å². The second-order valence-electron chi connectivity index (χ2n) is 3.79. The van der Waals surface area contributed by atoms with Crippen LogP contribution in [0.25, 0.3) is 6.08 Å². The third kappa shape index (κ3) is 7.13. The van der Waals surface area contributed by atoms with E-state index in [0.717, 1.165) is 0 Å². The van der Waals surface area contributed by atoms with E-state index in [1.165, 1.54) is 25.1 Å². The summed E-state index contributed by atoms with van der Waals surface area (Å²) in [7, 11) is 0. The first-order valence-corrected chi connectivity index (χ1v) is 5.63. The molecule has 1 N–H and O–H groups in total. The van der Waals surface area contributed by atoms with Crippen molar-refractivity contribution in [3.63, 3.8) is 0 Å². The Kier molecular flexibility index (Phi) is 5.41. The molecule has 0 aliphatic rings. The molecule has 0 heterocycles. The Bertz CT molecular complexity index is 455. The van der Waals surface area contributed by atoms with Gasteiger partial charge in [0.1, 0.15) is 5.75 Å². The Morgan fingerprint density at radius 1 is 1.42 bits per heavy atom.